The Hall–Kier alpha value is -1.32. The molecule has 1 amide bonds. The van der Waals surface area contributed by atoms with Gasteiger partial charge in [0.05, 0.1) is 5.69 Å². The van der Waals surface area contributed by atoms with Crippen molar-refractivity contribution in [2.45, 2.75) is 27.7 Å². The lowest BCUT2D eigenvalue weighted by Crippen LogP contribution is -2.30. The molecule has 1 aromatic heterocycles. The Morgan fingerprint density at radius 3 is 2.29 bits per heavy atom. The second kappa shape index (κ2) is 4.26. The molecule has 0 unspecified atom stereocenters. The molecule has 0 N–H and O–H groups in total. The monoisotopic (exact) mass is 196 g/mol. The summed E-state index contributed by atoms with van der Waals surface area (Å²) in [6, 6.07) is 0. The van der Waals surface area contributed by atoms with Crippen LogP contribution in [0.5, 0.6) is 0 Å². The molecular weight excluding hydrogens is 180 g/mol. The summed E-state index contributed by atoms with van der Waals surface area (Å²) in [7, 11) is 0. The molecule has 0 aliphatic rings. The highest BCUT2D eigenvalue weighted by Gasteiger charge is 2.19. The number of rotatable bonds is 3. The first-order valence-electron chi connectivity index (χ1n) is 4.83. The number of aromatic nitrogens is 1. The number of amides is 1. The lowest BCUT2D eigenvalue weighted by Gasteiger charge is -2.16. The van der Waals surface area contributed by atoms with Crippen LogP contribution >= 0.6 is 0 Å². The van der Waals surface area contributed by atoms with Crippen LogP contribution in [-0.4, -0.2) is 28.9 Å². The summed E-state index contributed by atoms with van der Waals surface area (Å²) >= 11 is 0. The molecule has 0 saturated heterocycles. The fraction of sp³-hybridized carbons (Fsp3) is 0.600. The van der Waals surface area contributed by atoms with Crippen LogP contribution in [0, 0.1) is 13.8 Å². The average molecular weight is 196 g/mol. The van der Waals surface area contributed by atoms with Crippen molar-refractivity contribution in [2.24, 2.45) is 0 Å². The SMILES string of the molecule is CCN(CC)C(=O)c1oc(C)nc1C. The molecule has 0 spiro atoms. The van der Waals surface area contributed by atoms with Crippen LogP contribution in [0.2, 0.25) is 0 Å². The molecule has 0 bridgehead atoms. The third-order valence-corrected chi connectivity index (χ3v) is 2.15. The van der Waals surface area contributed by atoms with Crippen molar-refractivity contribution in [1.82, 2.24) is 9.88 Å². The van der Waals surface area contributed by atoms with E-state index in [0.29, 0.717) is 30.4 Å². The minimum Gasteiger partial charge on any atom is -0.436 e. The van der Waals surface area contributed by atoms with Crippen molar-refractivity contribution >= 4 is 5.91 Å². The van der Waals surface area contributed by atoms with E-state index in [9.17, 15) is 4.79 Å². The molecule has 0 radical (unpaired) electrons. The van der Waals surface area contributed by atoms with E-state index in [-0.39, 0.29) is 5.91 Å². The maximum Gasteiger partial charge on any atom is 0.291 e. The van der Waals surface area contributed by atoms with Crippen LogP contribution in [0.1, 0.15) is 36.0 Å². The smallest absolute Gasteiger partial charge is 0.291 e. The van der Waals surface area contributed by atoms with Crippen molar-refractivity contribution in [1.29, 1.82) is 0 Å². The van der Waals surface area contributed by atoms with Crippen molar-refractivity contribution in [2.75, 3.05) is 13.1 Å². The molecule has 1 heterocycles. The largest absolute Gasteiger partial charge is 0.436 e. The van der Waals surface area contributed by atoms with Gasteiger partial charge in [0.1, 0.15) is 0 Å². The molecule has 1 rings (SSSR count). The van der Waals surface area contributed by atoms with Gasteiger partial charge in [-0.1, -0.05) is 0 Å². The molecule has 0 saturated carbocycles. The average Bonchev–Trinajstić information content (AvgIpc) is 2.47. The summed E-state index contributed by atoms with van der Waals surface area (Å²) in [6.45, 7) is 8.79. The summed E-state index contributed by atoms with van der Waals surface area (Å²) in [6.07, 6.45) is 0. The Morgan fingerprint density at radius 2 is 1.93 bits per heavy atom. The van der Waals surface area contributed by atoms with Crippen molar-refractivity contribution in [3.63, 3.8) is 0 Å². The molecule has 0 fully saturated rings. The predicted molar refractivity (Wildman–Crippen MR) is 53.2 cm³/mol. The van der Waals surface area contributed by atoms with Gasteiger partial charge in [0.25, 0.3) is 5.91 Å². The van der Waals surface area contributed by atoms with Gasteiger partial charge in [0.15, 0.2) is 5.89 Å². The van der Waals surface area contributed by atoms with E-state index < -0.39 is 0 Å². The lowest BCUT2D eigenvalue weighted by molar-refractivity contribution is 0.0738. The number of carbonyl (C=O) groups is 1. The molecular formula is C10H16N2O2. The van der Waals surface area contributed by atoms with E-state index in [0.717, 1.165) is 0 Å². The van der Waals surface area contributed by atoms with Crippen molar-refractivity contribution < 1.29 is 9.21 Å². The summed E-state index contributed by atoms with van der Waals surface area (Å²) in [5, 5.41) is 0. The Morgan fingerprint density at radius 1 is 1.36 bits per heavy atom. The first kappa shape index (κ1) is 10.8. The van der Waals surface area contributed by atoms with E-state index in [1.54, 1.807) is 18.7 Å². The first-order chi connectivity index (χ1) is 6.60. The van der Waals surface area contributed by atoms with Gasteiger partial charge in [0, 0.05) is 20.0 Å². The summed E-state index contributed by atoms with van der Waals surface area (Å²) in [4.78, 5) is 17.6. The fourth-order valence-corrected chi connectivity index (χ4v) is 1.38. The minimum absolute atomic E-state index is 0.0758. The van der Waals surface area contributed by atoms with Crippen LogP contribution < -0.4 is 0 Å². The zero-order chi connectivity index (χ0) is 10.7. The second-order valence-electron chi connectivity index (χ2n) is 3.12. The molecule has 4 nitrogen and oxygen atoms in total. The normalized spacial score (nSPS) is 10.3. The number of aryl methyl sites for hydroxylation is 2. The standard InChI is InChI=1S/C10H16N2O2/c1-5-12(6-2)10(13)9-7(3)11-8(4)14-9/h5-6H2,1-4H3. The Bertz CT molecular complexity index is 327. The molecule has 0 aliphatic carbocycles. The number of hydrogen-bond donors (Lipinski definition) is 0. The van der Waals surface area contributed by atoms with Gasteiger partial charge in [-0.15, -0.1) is 0 Å². The maximum absolute atomic E-state index is 11.8. The highest BCUT2D eigenvalue weighted by atomic mass is 16.4. The first-order valence-corrected chi connectivity index (χ1v) is 4.83. The zero-order valence-corrected chi connectivity index (χ0v) is 9.13. The van der Waals surface area contributed by atoms with Gasteiger partial charge >= 0.3 is 0 Å². The molecule has 0 atom stereocenters. The number of hydrogen-bond acceptors (Lipinski definition) is 3. The number of nitrogens with zero attached hydrogens (tertiary/aromatic N) is 2. The third kappa shape index (κ3) is 1.95. The minimum atomic E-state index is -0.0758. The quantitative estimate of drug-likeness (QED) is 0.740. The van der Waals surface area contributed by atoms with Gasteiger partial charge in [0.2, 0.25) is 5.76 Å². The lowest BCUT2D eigenvalue weighted by atomic mass is 10.3. The van der Waals surface area contributed by atoms with Gasteiger partial charge in [-0.2, -0.15) is 0 Å². The van der Waals surface area contributed by atoms with Crippen LogP contribution in [0.4, 0.5) is 0 Å². The van der Waals surface area contributed by atoms with E-state index in [2.05, 4.69) is 4.98 Å². The molecule has 1 aromatic rings. The molecule has 0 aliphatic heterocycles. The Kier molecular flexibility index (Phi) is 3.28. The van der Waals surface area contributed by atoms with Gasteiger partial charge in [-0.25, -0.2) is 4.98 Å². The van der Waals surface area contributed by atoms with Crippen LogP contribution in [0.25, 0.3) is 0 Å². The van der Waals surface area contributed by atoms with Gasteiger partial charge in [-0.05, 0) is 20.8 Å². The molecule has 4 heteroatoms. The van der Waals surface area contributed by atoms with Crippen LogP contribution in [0.3, 0.4) is 0 Å². The van der Waals surface area contributed by atoms with Crippen LogP contribution in [0.15, 0.2) is 4.42 Å². The highest BCUT2D eigenvalue weighted by molar-refractivity contribution is 5.92. The zero-order valence-electron chi connectivity index (χ0n) is 9.13. The summed E-state index contributed by atoms with van der Waals surface area (Å²) in [5.74, 6) is 0.831. The molecule has 78 valence electrons. The second-order valence-corrected chi connectivity index (χ2v) is 3.12. The molecule has 14 heavy (non-hydrogen) atoms. The highest BCUT2D eigenvalue weighted by Crippen LogP contribution is 2.12. The number of oxazole rings is 1. The van der Waals surface area contributed by atoms with Crippen molar-refractivity contribution in [3.8, 4) is 0 Å². The Labute approximate surface area is 83.9 Å². The van der Waals surface area contributed by atoms with Crippen LogP contribution in [-0.2, 0) is 0 Å². The third-order valence-electron chi connectivity index (χ3n) is 2.15. The summed E-state index contributed by atoms with van der Waals surface area (Å²) in [5.41, 5.74) is 0.666. The van der Waals surface area contributed by atoms with E-state index in [1.165, 1.54) is 0 Å². The number of carbonyl (C=O) groups excluding carboxylic acids is 1. The van der Waals surface area contributed by atoms with Crippen molar-refractivity contribution in [3.05, 3.63) is 17.3 Å². The van der Waals surface area contributed by atoms with E-state index >= 15 is 0 Å². The summed E-state index contributed by atoms with van der Waals surface area (Å²) < 4.78 is 5.26. The van der Waals surface area contributed by atoms with E-state index in [1.807, 2.05) is 13.8 Å². The van der Waals surface area contributed by atoms with Gasteiger partial charge < -0.3 is 9.32 Å². The maximum atomic E-state index is 11.8. The fourth-order valence-electron chi connectivity index (χ4n) is 1.38. The predicted octanol–water partition coefficient (Wildman–Crippen LogP) is 1.77. The molecule has 0 aromatic carbocycles. The Balaban J connectivity index is 2.93. The van der Waals surface area contributed by atoms with Gasteiger partial charge in [-0.3, -0.25) is 4.79 Å². The van der Waals surface area contributed by atoms with E-state index in [4.69, 9.17) is 4.42 Å². The topological polar surface area (TPSA) is 46.3 Å².